The highest BCUT2D eigenvalue weighted by molar-refractivity contribution is 7.98. The number of rotatable bonds is 7. The van der Waals surface area contributed by atoms with Gasteiger partial charge in [-0.05, 0) is 31.2 Å². The van der Waals surface area contributed by atoms with E-state index < -0.39 is 4.92 Å². The lowest BCUT2D eigenvalue weighted by atomic mass is 10.2. The fourth-order valence-corrected chi connectivity index (χ4v) is 4.06. The number of fused-ring (bicyclic) bond motifs is 1. The molecule has 8 heteroatoms. The largest absolute Gasteiger partial charge is 0.396 e. The number of benzene rings is 1. The summed E-state index contributed by atoms with van der Waals surface area (Å²) in [6, 6.07) is 6.43. The Bertz CT molecular complexity index is 833. The van der Waals surface area contributed by atoms with E-state index in [4.69, 9.17) is 5.11 Å². The molecule has 0 amide bonds. The molecule has 0 radical (unpaired) electrons. The summed E-state index contributed by atoms with van der Waals surface area (Å²) in [5.41, 5.74) is 2.93. The number of nitro benzene ring substituents is 1. The van der Waals surface area contributed by atoms with Gasteiger partial charge in [0, 0.05) is 42.3 Å². The smallest absolute Gasteiger partial charge is 0.348 e. The standard InChI is InChI=1S/C17H19N3O4S/c21-10-2-9-19-15-4-1-3-14(15)16(18-17(19)22)25-11-12-5-7-13(8-6-12)20(23)24/h5-8,21H,1-4,9-11H2. The van der Waals surface area contributed by atoms with E-state index in [-0.39, 0.29) is 18.0 Å². The van der Waals surface area contributed by atoms with Gasteiger partial charge in [0.15, 0.2) is 0 Å². The second kappa shape index (κ2) is 7.79. The Morgan fingerprint density at radius 2 is 2.04 bits per heavy atom. The van der Waals surface area contributed by atoms with Crippen LogP contribution in [0.25, 0.3) is 0 Å². The molecular formula is C17H19N3O4S. The minimum absolute atomic E-state index is 0.0534. The molecule has 1 aromatic heterocycles. The Kier molecular flexibility index (Phi) is 5.50. The number of nitro groups is 1. The van der Waals surface area contributed by atoms with Crippen molar-refractivity contribution in [3.05, 3.63) is 61.7 Å². The van der Waals surface area contributed by atoms with Gasteiger partial charge in [0.05, 0.1) is 4.92 Å². The summed E-state index contributed by atoms with van der Waals surface area (Å²) in [5.74, 6) is 0.609. The van der Waals surface area contributed by atoms with E-state index in [9.17, 15) is 14.9 Å². The first-order valence-electron chi connectivity index (χ1n) is 8.19. The summed E-state index contributed by atoms with van der Waals surface area (Å²) in [6.45, 7) is 0.551. The molecular weight excluding hydrogens is 342 g/mol. The molecule has 0 saturated heterocycles. The number of hydrogen-bond donors (Lipinski definition) is 1. The lowest BCUT2D eigenvalue weighted by Crippen LogP contribution is -2.27. The normalized spacial score (nSPS) is 13.0. The maximum Gasteiger partial charge on any atom is 0.348 e. The Hall–Kier alpha value is -2.19. The second-order valence-electron chi connectivity index (χ2n) is 5.92. The van der Waals surface area contributed by atoms with Crippen LogP contribution in [0.5, 0.6) is 0 Å². The lowest BCUT2D eigenvalue weighted by Gasteiger charge is -2.13. The summed E-state index contributed by atoms with van der Waals surface area (Å²) < 4.78 is 1.69. The molecule has 25 heavy (non-hydrogen) atoms. The van der Waals surface area contributed by atoms with E-state index in [1.54, 1.807) is 16.7 Å². The summed E-state index contributed by atoms with van der Waals surface area (Å²) in [5, 5.41) is 20.5. The molecule has 0 unspecified atom stereocenters. The number of thioether (sulfide) groups is 1. The van der Waals surface area contributed by atoms with Crippen LogP contribution in [0.3, 0.4) is 0 Å². The second-order valence-corrected chi connectivity index (χ2v) is 6.88. The zero-order chi connectivity index (χ0) is 17.8. The van der Waals surface area contributed by atoms with Crippen LogP contribution in [0.15, 0.2) is 34.1 Å². The zero-order valence-corrected chi connectivity index (χ0v) is 14.5. The van der Waals surface area contributed by atoms with Crippen molar-refractivity contribution in [3.63, 3.8) is 0 Å². The van der Waals surface area contributed by atoms with Crippen molar-refractivity contribution >= 4 is 17.4 Å². The van der Waals surface area contributed by atoms with Crippen molar-refractivity contribution in [2.75, 3.05) is 6.61 Å². The number of aliphatic hydroxyl groups excluding tert-OH is 1. The quantitative estimate of drug-likeness (QED) is 0.352. The lowest BCUT2D eigenvalue weighted by molar-refractivity contribution is -0.384. The fraction of sp³-hybridized carbons (Fsp3) is 0.412. The third-order valence-electron chi connectivity index (χ3n) is 4.26. The number of non-ortho nitro benzene ring substituents is 1. The maximum atomic E-state index is 12.3. The molecule has 0 aliphatic heterocycles. The van der Waals surface area contributed by atoms with Crippen LogP contribution in [0.2, 0.25) is 0 Å². The van der Waals surface area contributed by atoms with Gasteiger partial charge in [-0.3, -0.25) is 14.7 Å². The van der Waals surface area contributed by atoms with Crippen molar-refractivity contribution in [2.45, 2.75) is 43.0 Å². The van der Waals surface area contributed by atoms with Crippen LogP contribution in [-0.4, -0.2) is 26.2 Å². The van der Waals surface area contributed by atoms with Gasteiger partial charge in [0.25, 0.3) is 5.69 Å². The van der Waals surface area contributed by atoms with Crippen LogP contribution in [0.4, 0.5) is 5.69 Å². The predicted molar refractivity (Wildman–Crippen MR) is 94.9 cm³/mol. The molecule has 132 valence electrons. The highest BCUT2D eigenvalue weighted by Gasteiger charge is 2.21. The number of nitrogens with zero attached hydrogens (tertiary/aromatic N) is 3. The molecule has 1 aliphatic carbocycles. The topological polar surface area (TPSA) is 98.3 Å². The van der Waals surface area contributed by atoms with Crippen LogP contribution in [-0.2, 0) is 25.1 Å². The molecule has 2 aromatic rings. The third-order valence-corrected chi connectivity index (χ3v) is 5.35. The summed E-state index contributed by atoms with van der Waals surface area (Å²) in [7, 11) is 0. The molecule has 0 fully saturated rings. The monoisotopic (exact) mass is 361 g/mol. The van der Waals surface area contributed by atoms with Gasteiger partial charge in [0.1, 0.15) is 5.03 Å². The minimum Gasteiger partial charge on any atom is -0.396 e. The minimum atomic E-state index is -0.419. The Labute approximate surface area is 148 Å². The van der Waals surface area contributed by atoms with Crippen LogP contribution in [0, 0.1) is 10.1 Å². The zero-order valence-electron chi connectivity index (χ0n) is 13.7. The van der Waals surface area contributed by atoms with E-state index in [2.05, 4.69) is 4.98 Å². The van der Waals surface area contributed by atoms with Crippen molar-refractivity contribution in [1.29, 1.82) is 0 Å². The van der Waals surface area contributed by atoms with Gasteiger partial charge in [-0.2, -0.15) is 4.98 Å². The van der Waals surface area contributed by atoms with Gasteiger partial charge in [-0.1, -0.05) is 12.1 Å². The van der Waals surface area contributed by atoms with Crippen LogP contribution >= 0.6 is 11.8 Å². The van der Waals surface area contributed by atoms with E-state index in [1.807, 2.05) is 0 Å². The van der Waals surface area contributed by atoms with Crippen LogP contribution < -0.4 is 5.69 Å². The molecule has 0 saturated carbocycles. The Balaban J connectivity index is 1.79. The number of aliphatic hydroxyl groups is 1. The summed E-state index contributed by atoms with van der Waals surface area (Å²) in [4.78, 5) is 26.8. The number of aromatic nitrogens is 2. The maximum absolute atomic E-state index is 12.3. The van der Waals surface area contributed by atoms with Crippen molar-refractivity contribution < 1.29 is 10.0 Å². The molecule has 3 rings (SSSR count). The molecule has 1 N–H and O–H groups in total. The number of hydrogen-bond acceptors (Lipinski definition) is 6. The Morgan fingerprint density at radius 1 is 1.28 bits per heavy atom. The van der Waals surface area contributed by atoms with E-state index >= 15 is 0 Å². The fourth-order valence-electron chi connectivity index (χ4n) is 3.03. The Morgan fingerprint density at radius 3 is 2.72 bits per heavy atom. The van der Waals surface area contributed by atoms with Gasteiger partial charge in [-0.15, -0.1) is 11.8 Å². The van der Waals surface area contributed by atoms with Gasteiger partial charge in [0.2, 0.25) is 0 Å². The SMILES string of the molecule is O=c1nc(SCc2ccc([N+](=O)[O-])cc2)c2c(n1CCCO)CCC2. The van der Waals surface area contributed by atoms with Crippen molar-refractivity contribution in [3.8, 4) is 0 Å². The average Bonchev–Trinajstić information content (AvgIpc) is 3.09. The van der Waals surface area contributed by atoms with Gasteiger partial charge in [-0.25, -0.2) is 4.79 Å². The highest BCUT2D eigenvalue weighted by Crippen LogP contribution is 2.31. The average molecular weight is 361 g/mol. The molecule has 1 heterocycles. The van der Waals surface area contributed by atoms with Crippen molar-refractivity contribution in [1.82, 2.24) is 9.55 Å². The predicted octanol–water partition coefficient (Wildman–Crippen LogP) is 2.31. The van der Waals surface area contributed by atoms with Crippen molar-refractivity contribution in [2.24, 2.45) is 0 Å². The molecule has 0 atom stereocenters. The van der Waals surface area contributed by atoms with Gasteiger partial charge >= 0.3 is 5.69 Å². The van der Waals surface area contributed by atoms with E-state index in [0.29, 0.717) is 18.7 Å². The van der Waals surface area contributed by atoms with Gasteiger partial charge < -0.3 is 5.11 Å². The first-order chi connectivity index (χ1) is 12.1. The molecule has 0 bridgehead atoms. The van der Waals surface area contributed by atoms with E-state index in [0.717, 1.165) is 41.1 Å². The third kappa shape index (κ3) is 3.91. The van der Waals surface area contributed by atoms with E-state index in [1.165, 1.54) is 23.9 Å². The summed E-state index contributed by atoms with van der Waals surface area (Å²) >= 11 is 1.50. The molecule has 7 nitrogen and oxygen atoms in total. The first kappa shape index (κ1) is 17.6. The first-order valence-corrected chi connectivity index (χ1v) is 9.18. The highest BCUT2D eigenvalue weighted by atomic mass is 32.2. The molecule has 1 aliphatic rings. The molecule has 0 spiro atoms. The summed E-state index contributed by atoms with van der Waals surface area (Å²) in [6.07, 6.45) is 3.32. The molecule has 1 aromatic carbocycles. The van der Waals surface area contributed by atoms with Crippen LogP contribution in [0.1, 0.15) is 29.7 Å².